The zero-order chi connectivity index (χ0) is 12.8. The Hall–Kier alpha value is -0.780. The van der Waals surface area contributed by atoms with Gasteiger partial charge < -0.3 is 4.74 Å². The summed E-state index contributed by atoms with van der Waals surface area (Å²) in [6, 6.07) is 0. The molecule has 0 N–H and O–H groups in total. The molecule has 0 amide bonds. The van der Waals surface area contributed by atoms with Crippen molar-refractivity contribution in [1.82, 2.24) is 4.90 Å². The standard InChI is InChI=1S/C10H18F3NO2/c1-4-14(7-10(11,12)13)6-8(3)9(15)16-5-2/h8H,4-7H2,1-3H3. The van der Waals surface area contributed by atoms with Crippen LogP contribution in [0.1, 0.15) is 20.8 Å². The fourth-order valence-corrected chi connectivity index (χ4v) is 1.31. The summed E-state index contributed by atoms with van der Waals surface area (Å²) in [7, 11) is 0. The summed E-state index contributed by atoms with van der Waals surface area (Å²) in [5.41, 5.74) is 0. The molecule has 0 saturated heterocycles. The highest BCUT2D eigenvalue weighted by Crippen LogP contribution is 2.17. The Morgan fingerprint density at radius 2 is 1.94 bits per heavy atom. The smallest absolute Gasteiger partial charge is 0.401 e. The Labute approximate surface area is 93.6 Å². The third-order valence-corrected chi connectivity index (χ3v) is 2.07. The monoisotopic (exact) mass is 241 g/mol. The zero-order valence-corrected chi connectivity index (χ0v) is 9.80. The van der Waals surface area contributed by atoms with Crippen LogP contribution in [0.5, 0.6) is 0 Å². The molecule has 0 heterocycles. The quantitative estimate of drug-likeness (QED) is 0.667. The lowest BCUT2D eigenvalue weighted by atomic mass is 10.1. The molecule has 1 unspecified atom stereocenters. The maximum absolute atomic E-state index is 12.1. The highest BCUT2D eigenvalue weighted by molar-refractivity contribution is 5.72. The van der Waals surface area contributed by atoms with Crippen LogP contribution in [-0.4, -0.2) is 43.3 Å². The molecule has 3 nitrogen and oxygen atoms in total. The predicted molar refractivity (Wildman–Crippen MR) is 54.0 cm³/mol. The maximum atomic E-state index is 12.1. The molecule has 0 aromatic rings. The van der Waals surface area contributed by atoms with E-state index in [0.29, 0.717) is 0 Å². The zero-order valence-electron chi connectivity index (χ0n) is 9.80. The number of hydrogen-bond acceptors (Lipinski definition) is 3. The number of carbonyl (C=O) groups is 1. The molecule has 6 heteroatoms. The minimum absolute atomic E-state index is 0.0643. The van der Waals surface area contributed by atoms with E-state index in [-0.39, 0.29) is 19.7 Å². The van der Waals surface area contributed by atoms with Crippen molar-refractivity contribution >= 4 is 5.97 Å². The van der Waals surface area contributed by atoms with Gasteiger partial charge in [0.05, 0.1) is 19.1 Å². The number of nitrogens with zero attached hydrogens (tertiary/aromatic N) is 1. The first-order chi connectivity index (χ1) is 7.30. The molecule has 0 aliphatic rings. The molecule has 0 aromatic carbocycles. The Balaban J connectivity index is 4.16. The summed E-state index contributed by atoms with van der Waals surface area (Å²) in [6.45, 7) is 4.43. The maximum Gasteiger partial charge on any atom is 0.401 e. The second-order valence-corrected chi connectivity index (χ2v) is 3.60. The normalized spacial score (nSPS) is 13.9. The van der Waals surface area contributed by atoms with Crippen molar-refractivity contribution in [3.63, 3.8) is 0 Å². The molecule has 1 atom stereocenters. The van der Waals surface area contributed by atoms with Gasteiger partial charge in [-0.1, -0.05) is 13.8 Å². The number of ether oxygens (including phenoxy) is 1. The van der Waals surface area contributed by atoms with E-state index in [2.05, 4.69) is 0 Å². The predicted octanol–water partition coefficient (Wildman–Crippen LogP) is 2.07. The van der Waals surface area contributed by atoms with Gasteiger partial charge in [0.1, 0.15) is 0 Å². The van der Waals surface area contributed by atoms with Gasteiger partial charge in [-0.2, -0.15) is 13.2 Å². The highest BCUT2D eigenvalue weighted by Gasteiger charge is 2.31. The minimum Gasteiger partial charge on any atom is -0.466 e. The van der Waals surface area contributed by atoms with E-state index < -0.39 is 24.6 Å². The fourth-order valence-electron chi connectivity index (χ4n) is 1.31. The molecule has 0 saturated carbocycles. The lowest BCUT2D eigenvalue weighted by Crippen LogP contribution is -2.39. The Morgan fingerprint density at radius 3 is 2.31 bits per heavy atom. The topological polar surface area (TPSA) is 29.5 Å². The molecule has 0 bridgehead atoms. The SMILES string of the molecule is CCOC(=O)C(C)CN(CC)CC(F)(F)F. The molecule has 0 fully saturated rings. The summed E-state index contributed by atoms with van der Waals surface area (Å²) in [5.74, 6) is -0.995. The van der Waals surface area contributed by atoms with Crippen molar-refractivity contribution in [1.29, 1.82) is 0 Å². The molecule has 0 aromatic heterocycles. The van der Waals surface area contributed by atoms with Crippen LogP contribution in [0.25, 0.3) is 0 Å². The van der Waals surface area contributed by atoms with Crippen molar-refractivity contribution in [3.8, 4) is 0 Å². The summed E-state index contributed by atoms with van der Waals surface area (Å²) in [6.07, 6.45) is -4.23. The molecule has 16 heavy (non-hydrogen) atoms. The van der Waals surface area contributed by atoms with Crippen LogP contribution in [0.4, 0.5) is 13.2 Å². The van der Waals surface area contributed by atoms with Crippen LogP contribution < -0.4 is 0 Å². The van der Waals surface area contributed by atoms with E-state index in [1.165, 1.54) is 4.90 Å². The van der Waals surface area contributed by atoms with Gasteiger partial charge in [0, 0.05) is 6.54 Å². The molecule has 0 rings (SSSR count). The third-order valence-electron chi connectivity index (χ3n) is 2.07. The molecule has 0 spiro atoms. The number of halogens is 3. The van der Waals surface area contributed by atoms with E-state index in [1.54, 1.807) is 20.8 Å². The van der Waals surface area contributed by atoms with Gasteiger partial charge in [0.25, 0.3) is 0 Å². The Kier molecular flexibility index (Phi) is 6.40. The minimum atomic E-state index is -4.23. The molecule has 0 radical (unpaired) electrons. The lowest BCUT2D eigenvalue weighted by molar-refractivity contribution is -0.155. The van der Waals surface area contributed by atoms with Gasteiger partial charge in [-0.3, -0.25) is 9.69 Å². The summed E-state index contributed by atoms with van der Waals surface area (Å²) in [4.78, 5) is 12.4. The van der Waals surface area contributed by atoms with E-state index in [0.717, 1.165) is 0 Å². The van der Waals surface area contributed by atoms with Crippen LogP contribution in [0.15, 0.2) is 0 Å². The van der Waals surface area contributed by atoms with E-state index in [1.807, 2.05) is 0 Å². The molecular formula is C10H18F3NO2. The van der Waals surface area contributed by atoms with E-state index in [9.17, 15) is 18.0 Å². The highest BCUT2D eigenvalue weighted by atomic mass is 19.4. The second kappa shape index (κ2) is 6.73. The van der Waals surface area contributed by atoms with Crippen LogP contribution in [0.2, 0.25) is 0 Å². The average molecular weight is 241 g/mol. The van der Waals surface area contributed by atoms with Crippen molar-refractivity contribution in [2.45, 2.75) is 26.9 Å². The molecule has 96 valence electrons. The number of esters is 1. The van der Waals surface area contributed by atoms with Crippen LogP contribution in [0.3, 0.4) is 0 Å². The largest absolute Gasteiger partial charge is 0.466 e. The lowest BCUT2D eigenvalue weighted by Gasteiger charge is -2.24. The molecule has 0 aliphatic carbocycles. The fraction of sp³-hybridized carbons (Fsp3) is 0.900. The first-order valence-corrected chi connectivity index (χ1v) is 5.25. The third kappa shape index (κ3) is 6.66. The van der Waals surface area contributed by atoms with Gasteiger partial charge in [0.15, 0.2) is 0 Å². The van der Waals surface area contributed by atoms with Crippen LogP contribution >= 0.6 is 0 Å². The Morgan fingerprint density at radius 1 is 1.38 bits per heavy atom. The van der Waals surface area contributed by atoms with Gasteiger partial charge >= 0.3 is 12.1 Å². The second-order valence-electron chi connectivity index (χ2n) is 3.60. The van der Waals surface area contributed by atoms with Gasteiger partial charge in [-0.15, -0.1) is 0 Å². The summed E-state index contributed by atoms with van der Waals surface area (Å²) >= 11 is 0. The molecule has 0 aliphatic heterocycles. The van der Waals surface area contributed by atoms with Gasteiger partial charge in [-0.25, -0.2) is 0 Å². The van der Waals surface area contributed by atoms with Crippen molar-refractivity contribution in [3.05, 3.63) is 0 Å². The summed E-state index contributed by atoms with van der Waals surface area (Å²) < 4.78 is 41.1. The van der Waals surface area contributed by atoms with Crippen molar-refractivity contribution in [2.75, 3.05) is 26.2 Å². The van der Waals surface area contributed by atoms with Crippen LogP contribution in [0, 0.1) is 5.92 Å². The first kappa shape index (κ1) is 15.2. The number of rotatable bonds is 6. The molecular weight excluding hydrogens is 223 g/mol. The van der Waals surface area contributed by atoms with Gasteiger partial charge in [0.2, 0.25) is 0 Å². The van der Waals surface area contributed by atoms with E-state index >= 15 is 0 Å². The van der Waals surface area contributed by atoms with Crippen LogP contribution in [-0.2, 0) is 9.53 Å². The first-order valence-electron chi connectivity index (χ1n) is 5.25. The summed E-state index contributed by atoms with van der Waals surface area (Å²) in [5, 5.41) is 0. The average Bonchev–Trinajstić information content (AvgIpc) is 2.14. The van der Waals surface area contributed by atoms with Gasteiger partial charge in [-0.05, 0) is 13.5 Å². The Bertz CT molecular complexity index is 219. The number of hydrogen-bond donors (Lipinski definition) is 0. The van der Waals surface area contributed by atoms with E-state index in [4.69, 9.17) is 4.74 Å². The number of alkyl halides is 3. The van der Waals surface area contributed by atoms with Crippen molar-refractivity contribution in [2.24, 2.45) is 5.92 Å². The van der Waals surface area contributed by atoms with Crippen molar-refractivity contribution < 1.29 is 22.7 Å². The number of carbonyl (C=O) groups excluding carboxylic acids is 1.